The average molecular weight is 424 g/mol. The Morgan fingerprint density at radius 1 is 1.07 bits per heavy atom. The van der Waals surface area contributed by atoms with Gasteiger partial charge in [-0.2, -0.15) is 13.2 Å². The molecule has 0 saturated heterocycles. The molecule has 4 aromatic rings. The number of hydrogen-bond acceptors (Lipinski definition) is 5. The first kappa shape index (κ1) is 18.1. The van der Waals surface area contributed by atoms with Gasteiger partial charge in [-0.25, -0.2) is 9.19 Å². The lowest BCUT2D eigenvalue weighted by molar-refractivity contribution is -0.136. The van der Waals surface area contributed by atoms with Crippen LogP contribution < -0.4 is 5.73 Å². The predicted molar refractivity (Wildman–Crippen MR) is 103 cm³/mol. The van der Waals surface area contributed by atoms with E-state index in [0.29, 0.717) is 9.77 Å². The van der Waals surface area contributed by atoms with Crippen molar-refractivity contribution in [1.29, 1.82) is 0 Å². The molecule has 9 heteroatoms. The molecule has 138 valence electrons. The molecule has 3 nitrogen and oxygen atoms in total. The predicted octanol–water partition coefficient (Wildman–Crippen LogP) is 5.79. The number of nitrogen functional groups attached to an aromatic ring is 1. The zero-order valence-electron chi connectivity index (χ0n) is 13.5. The SMILES string of the molecule is Nc1c(S(=O)c2ccccc2)sc2nc(-c3cccs3)cc(C(F)(F)F)c12. The number of aromatic nitrogens is 1. The number of thiophene rings is 2. The number of hydrogen-bond donors (Lipinski definition) is 1. The molecule has 2 N–H and O–H groups in total. The maximum atomic E-state index is 13.7. The zero-order chi connectivity index (χ0) is 19.2. The molecule has 3 aromatic heterocycles. The summed E-state index contributed by atoms with van der Waals surface area (Å²) in [5.41, 5.74) is 5.26. The molecule has 3 heterocycles. The van der Waals surface area contributed by atoms with Crippen LogP contribution >= 0.6 is 22.7 Å². The van der Waals surface area contributed by atoms with Crippen molar-refractivity contribution in [2.24, 2.45) is 0 Å². The van der Waals surface area contributed by atoms with Gasteiger partial charge in [0.15, 0.2) is 0 Å². The highest BCUT2D eigenvalue weighted by Gasteiger charge is 2.36. The van der Waals surface area contributed by atoms with E-state index in [0.717, 1.165) is 17.4 Å². The number of nitrogens with zero attached hydrogens (tertiary/aromatic N) is 1. The number of halogens is 3. The Morgan fingerprint density at radius 3 is 2.44 bits per heavy atom. The average Bonchev–Trinajstić information content (AvgIpc) is 3.29. The van der Waals surface area contributed by atoms with Gasteiger partial charge in [0.2, 0.25) is 0 Å². The van der Waals surface area contributed by atoms with Crippen LogP contribution in [-0.4, -0.2) is 9.19 Å². The van der Waals surface area contributed by atoms with Crippen LogP contribution in [0.5, 0.6) is 0 Å². The van der Waals surface area contributed by atoms with Crippen molar-refractivity contribution in [2.75, 3.05) is 5.73 Å². The van der Waals surface area contributed by atoms with Gasteiger partial charge in [0.25, 0.3) is 0 Å². The minimum Gasteiger partial charge on any atom is -0.396 e. The Labute approximate surface area is 162 Å². The molecule has 0 aliphatic carbocycles. The second-order valence-corrected chi connectivity index (χ2v) is 9.22. The molecule has 1 aromatic carbocycles. The highest BCUT2D eigenvalue weighted by molar-refractivity contribution is 7.87. The van der Waals surface area contributed by atoms with Crippen molar-refractivity contribution in [1.82, 2.24) is 4.98 Å². The maximum Gasteiger partial charge on any atom is 0.417 e. The lowest BCUT2D eigenvalue weighted by Crippen LogP contribution is -2.07. The van der Waals surface area contributed by atoms with E-state index in [1.807, 2.05) is 0 Å². The van der Waals surface area contributed by atoms with Crippen LogP contribution in [0.4, 0.5) is 18.9 Å². The Kier molecular flexibility index (Phi) is 4.53. The highest BCUT2D eigenvalue weighted by Crippen LogP contribution is 2.45. The summed E-state index contributed by atoms with van der Waals surface area (Å²) in [6.45, 7) is 0. The molecule has 0 aliphatic heterocycles. The monoisotopic (exact) mass is 424 g/mol. The number of rotatable bonds is 3. The fourth-order valence-corrected chi connectivity index (χ4v) is 5.95. The van der Waals surface area contributed by atoms with E-state index >= 15 is 0 Å². The van der Waals surface area contributed by atoms with Crippen LogP contribution in [0.3, 0.4) is 0 Å². The highest BCUT2D eigenvalue weighted by atomic mass is 32.2. The summed E-state index contributed by atoms with van der Waals surface area (Å²) in [7, 11) is -1.68. The number of nitrogens with two attached hydrogens (primary N) is 1. The Morgan fingerprint density at radius 2 is 1.81 bits per heavy atom. The second-order valence-electron chi connectivity index (χ2n) is 5.60. The number of anilines is 1. The first-order valence-corrected chi connectivity index (χ1v) is 10.5. The first-order valence-electron chi connectivity index (χ1n) is 7.67. The number of fused-ring (bicyclic) bond motifs is 1. The summed E-state index contributed by atoms with van der Waals surface area (Å²) in [6.07, 6.45) is -4.60. The summed E-state index contributed by atoms with van der Waals surface area (Å²) in [5, 5.41) is 1.58. The van der Waals surface area contributed by atoms with Crippen LogP contribution in [0.15, 0.2) is 63.0 Å². The molecule has 1 unspecified atom stereocenters. The van der Waals surface area contributed by atoms with Gasteiger partial charge in [0.1, 0.15) is 9.04 Å². The van der Waals surface area contributed by atoms with Crippen LogP contribution in [0.25, 0.3) is 20.8 Å². The fraction of sp³-hybridized carbons (Fsp3) is 0.0556. The maximum absolute atomic E-state index is 13.7. The molecule has 0 radical (unpaired) electrons. The van der Waals surface area contributed by atoms with Crippen molar-refractivity contribution >= 4 is 49.4 Å². The van der Waals surface area contributed by atoms with E-state index in [9.17, 15) is 17.4 Å². The van der Waals surface area contributed by atoms with Crippen LogP contribution in [-0.2, 0) is 17.0 Å². The van der Waals surface area contributed by atoms with Crippen molar-refractivity contribution < 1.29 is 17.4 Å². The minimum absolute atomic E-state index is 0.130. The standard InChI is InChI=1S/C18H11F3N2OS3/c19-18(20,21)11-9-12(13-7-4-8-25-13)23-16-14(11)15(22)17(26-16)27(24)10-5-2-1-3-6-10/h1-9H,22H2. The zero-order valence-corrected chi connectivity index (χ0v) is 15.9. The molecule has 0 fully saturated rings. The molecule has 1 atom stereocenters. The van der Waals surface area contributed by atoms with E-state index in [1.54, 1.807) is 47.8 Å². The normalized spacial score (nSPS) is 13.1. The van der Waals surface area contributed by atoms with Gasteiger partial charge in [-0.1, -0.05) is 24.3 Å². The summed E-state index contributed by atoms with van der Waals surface area (Å²) in [4.78, 5) is 5.59. The van der Waals surface area contributed by atoms with Gasteiger partial charge in [-0.05, 0) is 29.6 Å². The third-order valence-corrected chi connectivity index (χ3v) is 7.62. The van der Waals surface area contributed by atoms with E-state index in [2.05, 4.69) is 4.98 Å². The Bertz CT molecular complexity index is 1140. The molecule has 0 aliphatic rings. The molecule has 0 spiro atoms. The number of alkyl halides is 3. The summed E-state index contributed by atoms with van der Waals surface area (Å²) in [6, 6.07) is 13.0. The first-order chi connectivity index (χ1) is 12.9. The summed E-state index contributed by atoms with van der Waals surface area (Å²) >= 11 is 2.24. The van der Waals surface area contributed by atoms with Gasteiger partial charge in [-0.15, -0.1) is 22.7 Å². The van der Waals surface area contributed by atoms with E-state index in [4.69, 9.17) is 5.73 Å². The molecule has 0 bridgehead atoms. The fourth-order valence-electron chi connectivity index (χ4n) is 2.66. The minimum atomic E-state index is -4.60. The smallest absolute Gasteiger partial charge is 0.396 e. The van der Waals surface area contributed by atoms with Crippen LogP contribution in [0.2, 0.25) is 0 Å². The quantitative estimate of drug-likeness (QED) is 0.453. The lowest BCUT2D eigenvalue weighted by atomic mass is 10.1. The van der Waals surface area contributed by atoms with E-state index in [-0.39, 0.29) is 25.8 Å². The van der Waals surface area contributed by atoms with Gasteiger partial charge in [-0.3, -0.25) is 0 Å². The number of benzene rings is 1. The van der Waals surface area contributed by atoms with Crippen molar-refractivity contribution in [2.45, 2.75) is 15.3 Å². The third kappa shape index (κ3) is 3.26. The molecule has 4 rings (SSSR count). The van der Waals surface area contributed by atoms with E-state index in [1.165, 1.54) is 11.3 Å². The van der Waals surface area contributed by atoms with Crippen molar-refractivity contribution in [3.63, 3.8) is 0 Å². The third-order valence-electron chi connectivity index (χ3n) is 3.87. The largest absolute Gasteiger partial charge is 0.417 e. The topological polar surface area (TPSA) is 56.0 Å². The van der Waals surface area contributed by atoms with Gasteiger partial charge < -0.3 is 5.73 Å². The van der Waals surface area contributed by atoms with E-state index < -0.39 is 22.5 Å². The summed E-state index contributed by atoms with van der Waals surface area (Å²) in [5.74, 6) is 0. The van der Waals surface area contributed by atoms with Crippen molar-refractivity contribution in [3.05, 3.63) is 59.5 Å². The van der Waals surface area contributed by atoms with Crippen molar-refractivity contribution in [3.8, 4) is 10.6 Å². The molecule has 0 amide bonds. The second kappa shape index (κ2) is 6.74. The van der Waals surface area contributed by atoms with Crippen LogP contribution in [0.1, 0.15) is 5.56 Å². The molecule has 27 heavy (non-hydrogen) atoms. The van der Waals surface area contributed by atoms with Gasteiger partial charge in [0, 0.05) is 10.3 Å². The lowest BCUT2D eigenvalue weighted by Gasteiger charge is -2.10. The molecular formula is C18H11F3N2OS3. The Balaban J connectivity index is 1.97. The van der Waals surface area contributed by atoms with Gasteiger partial charge >= 0.3 is 6.18 Å². The van der Waals surface area contributed by atoms with Crippen LogP contribution in [0, 0.1) is 0 Å². The molecule has 0 saturated carbocycles. The van der Waals surface area contributed by atoms with Gasteiger partial charge in [0.05, 0.1) is 32.6 Å². The summed E-state index contributed by atoms with van der Waals surface area (Å²) < 4.78 is 54.1. The number of pyridine rings is 1. The Hall–Kier alpha value is -2.23. The molecular weight excluding hydrogens is 413 g/mol.